The molecular formula is C13H7FN2O3. The zero-order valence-electron chi connectivity index (χ0n) is 9.54. The molecule has 0 bridgehead atoms. The van der Waals surface area contributed by atoms with Crippen molar-refractivity contribution in [1.29, 1.82) is 5.26 Å². The van der Waals surface area contributed by atoms with Crippen LogP contribution in [0.15, 0.2) is 40.8 Å². The van der Waals surface area contributed by atoms with Crippen LogP contribution in [0.25, 0.3) is 11.6 Å². The predicted octanol–water partition coefficient (Wildman–Crippen LogP) is 3.39. The zero-order valence-corrected chi connectivity index (χ0v) is 9.54. The van der Waals surface area contributed by atoms with Crippen LogP contribution in [0.4, 0.5) is 10.3 Å². The molecule has 0 saturated carbocycles. The molecule has 5 nitrogen and oxygen atoms in total. The monoisotopic (exact) mass is 258 g/mol. The Morgan fingerprint density at radius 3 is 2.79 bits per heavy atom. The number of nitrogens with zero attached hydrogens (tertiary/aromatic N) is 2. The van der Waals surface area contributed by atoms with Gasteiger partial charge in [-0.2, -0.15) is 5.26 Å². The van der Waals surface area contributed by atoms with Crippen molar-refractivity contribution in [2.45, 2.75) is 0 Å². The zero-order chi connectivity index (χ0) is 13.8. The highest BCUT2D eigenvalue weighted by Crippen LogP contribution is 2.22. The van der Waals surface area contributed by atoms with Crippen molar-refractivity contribution in [3.63, 3.8) is 0 Å². The van der Waals surface area contributed by atoms with Crippen molar-refractivity contribution < 1.29 is 13.7 Å². The molecular weight excluding hydrogens is 251 g/mol. The highest BCUT2D eigenvalue weighted by Gasteiger charge is 2.11. The molecule has 0 aliphatic heterocycles. The average molecular weight is 258 g/mol. The van der Waals surface area contributed by atoms with E-state index in [0.717, 1.165) is 0 Å². The number of hydrogen-bond acceptors (Lipinski definition) is 4. The van der Waals surface area contributed by atoms with Crippen LogP contribution in [0.3, 0.4) is 0 Å². The molecule has 2 rings (SSSR count). The minimum Gasteiger partial charge on any atom is -0.401 e. The second-order valence-electron chi connectivity index (χ2n) is 3.61. The van der Waals surface area contributed by atoms with Crippen molar-refractivity contribution in [2.24, 2.45) is 0 Å². The maximum atomic E-state index is 13.1. The molecule has 19 heavy (non-hydrogen) atoms. The van der Waals surface area contributed by atoms with Crippen LogP contribution in [-0.2, 0) is 0 Å². The van der Waals surface area contributed by atoms with Gasteiger partial charge in [-0.15, -0.1) is 0 Å². The summed E-state index contributed by atoms with van der Waals surface area (Å²) in [6, 6.07) is 9.95. The van der Waals surface area contributed by atoms with Gasteiger partial charge >= 0.3 is 5.88 Å². The maximum absolute atomic E-state index is 13.1. The lowest BCUT2D eigenvalue weighted by molar-refractivity contribution is -0.402. The summed E-state index contributed by atoms with van der Waals surface area (Å²) >= 11 is 0. The van der Waals surface area contributed by atoms with Gasteiger partial charge < -0.3 is 4.42 Å². The van der Waals surface area contributed by atoms with E-state index in [4.69, 9.17) is 9.68 Å². The summed E-state index contributed by atoms with van der Waals surface area (Å²) in [5, 5.41) is 19.5. The van der Waals surface area contributed by atoms with Crippen LogP contribution in [0, 0.1) is 27.3 Å². The fourth-order valence-corrected chi connectivity index (χ4v) is 1.50. The third kappa shape index (κ3) is 2.84. The van der Waals surface area contributed by atoms with E-state index in [1.165, 1.54) is 36.4 Å². The number of furan rings is 1. The standard InChI is InChI=1S/C13H7FN2O3/c14-11-3-1-2-9(6-11)10(8-15)7-12-4-5-13(19-12)16(17)18/h1-7H/b10-7-. The Morgan fingerprint density at radius 1 is 1.42 bits per heavy atom. The lowest BCUT2D eigenvalue weighted by atomic mass is 10.1. The molecule has 0 aliphatic carbocycles. The highest BCUT2D eigenvalue weighted by atomic mass is 19.1. The maximum Gasteiger partial charge on any atom is 0.433 e. The van der Waals surface area contributed by atoms with Gasteiger partial charge in [0.05, 0.1) is 17.7 Å². The average Bonchev–Trinajstić information content (AvgIpc) is 2.84. The third-order valence-electron chi connectivity index (χ3n) is 2.34. The fourth-order valence-electron chi connectivity index (χ4n) is 1.50. The summed E-state index contributed by atoms with van der Waals surface area (Å²) < 4.78 is 18.0. The first-order valence-corrected chi connectivity index (χ1v) is 5.22. The second kappa shape index (κ2) is 5.14. The molecule has 0 aliphatic rings. The molecule has 0 N–H and O–H groups in total. The fraction of sp³-hybridized carbons (Fsp3) is 0. The number of halogens is 1. The van der Waals surface area contributed by atoms with Gasteiger partial charge in [0.15, 0.2) is 0 Å². The minimum atomic E-state index is -0.675. The first-order valence-electron chi connectivity index (χ1n) is 5.22. The molecule has 0 atom stereocenters. The van der Waals surface area contributed by atoms with Crippen LogP contribution < -0.4 is 0 Å². The van der Waals surface area contributed by atoms with Crippen molar-refractivity contribution in [2.75, 3.05) is 0 Å². The quantitative estimate of drug-likeness (QED) is 0.480. The summed E-state index contributed by atoms with van der Waals surface area (Å²) in [6.45, 7) is 0. The number of allylic oxidation sites excluding steroid dienone is 1. The first kappa shape index (κ1) is 12.5. The van der Waals surface area contributed by atoms with Crippen LogP contribution in [0.5, 0.6) is 0 Å². The second-order valence-corrected chi connectivity index (χ2v) is 3.61. The van der Waals surface area contributed by atoms with Gasteiger partial charge in [-0.1, -0.05) is 12.1 Å². The van der Waals surface area contributed by atoms with Crippen molar-refractivity contribution in [3.05, 3.63) is 63.7 Å². The number of hydrogen-bond donors (Lipinski definition) is 0. The third-order valence-corrected chi connectivity index (χ3v) is 2.34. The van der Waals surface area contributed by atoms with Gasteiger partial charge in [-0.3, -0.25) is 10.1 Å². The first-order chi connectivity index (χ1) is 9.10. The lowest BCUT2D eigenvalue weighted by Crippen LogP contribution is -1.84. The predicted molar refractivity (Wildman–Crippen MR) is 65.2 cm³/mol. The van der Waals surface area contributed by atoms with Gasteiger partial charge in [0.25, 0.3) is 0 Å². The summed E-state index contributed by atoms with van der Waals surface area (Å²) in [7, 11) is 0. The van der Waals surface area contributed by atoms with Gasteiger partial charge in [-0.05, 0) is 29.8 Å². The Labute approximate surface area is 107 Å². The molecule has 94 valence electrons. The Kier molecular flexibility index (Phi) is 3.39. The summed E-state index contributed by atoms with van der Waals surface area (Å²) in [5.74, 6) is -0.723. The molecule has 2 aromatic rings. The van der Waals surface area contributed by atoms with E-state index >= 15 is 0 Å². The van der Waals surface area contributed by atoms with E-state index in [1.807, 2.05) is 6.07 Å². The highest BCUT2D eigenvalue weighted by molar-refractivity contribution is 5.88. The van der Waals surface area contributed by atoms with Crippen LogP contribution >= 0.6 is 0 Å². The van der Waals surface area contributed by atoms with E-state index in [2.05, 4.69) is 0 Å². The van der Waals surface area contributed by atoms with E-state index < -0.39 is 16.6 Å². The normalized spacial score (nSPS) is 11.1. The molecule has 0 spiro atoms. The summed E-state index contributed by atoms with van der Waals surface area (Å²) in [4.78, 5) is 9.79. The Bertz CT molecular complexity index is 698. The molecule has 1 heterocycles. The number of benzene rings is 1. The largest absolute Gasteiger partial charge is 0.433 e. The summed E-state index contributed by atoms with van der Waals surface area (Å²) in [6.07, 6.45) is 1.32. The Balaban J connectivity index is 2.39. The van der Waals surface area contributed by atoms with Crippen LogP contribution in [-0.4, -0.2) is 4.92 Å². The van der Waals surface area contributed by atoms with Gasteiger partial charge in [0.2, 0.25) is 0 Å². The number of rotatable bonds is 3. The molecule has 0 unspecified atom stereocenters. The van der Waals surface area contributed by atoms with Gasteiger partial charge in [0.1, 0.15) is 16.5 Å². The molecule has 1 aromatic heterocycles. The molecule has 0 fully saturated rings. The van der Waals surface area contributed by atoms with Crippen LogP contribution in [0.2, 0.25) is 0 Å². The van der Waals surface area contributed by atoms with Gasteiger partial charge in [0, 0.05) is 0 Å². The Morgan fingerprint density at radius 2 is 2.21 bits per heavy atom. The van der Waals surface area contributed by atoms with Gasteiger partial charge in [-0.25, -0.2) is 4.39 Å². The summed E-state index contributed by atoms with van der Waals surface area (Å²) in [5.41, 5.74) is 0.533. The topological polar surface area (TPSA) is 80.1 Å². The number of nitro groups is 1. The van der Waals surface area contributed by atoms with Crippen molar-refractivity contribution in [3.8, 4) is 6.07 Å². The molecule has 6 heteroatoms. The molecule has 0 radical (unpaired) electrons. The van der Waals surface area contributed by atoms with Crippen molar-refractivity contribution in [1.82, 2.24) is 0 Å². The minimum absolute atomic E-state index is 0.156. The van der Waals surface area contributed by atoms with E-state index in [0.29, 0.717) is 5.56 Å². The smallest absolute Gasteiger partial charge is 0.401 e. The molecule has 1 aromatic carbocycles. The van der Waals surface area contributed by atoms with Crippen LogP contribution in [0.1, 0.15) is 11.3 Å². The van der Waals surface area contributed by atoms with Crippen molar-refractivity contribution >= 4 is 17.5 Å². The lowest BCUT2D eigenvalue weighted by Gasteiger charge is -1.97. The SMILES string of the molecule is N#C/C(=C/c1ccc([N+](=O)[O-])o1)c1cccc(F)c1. The van der Waals surface area contributed by atoms with E-state index in [9.17, 15) is 14.5 Å². The Hall–Kier alpha value is -2.94. The molecule has 0 amide bonds. The van der Waals surface area contributed by atoms with E-state index in [1.54, 1.807) is 6.07 Å². The number of nitriles is 1. The molecule has 0 saturated heterocycles. The van der Waals surface area contributed by atoms with E-state index in [-0.39, 0.29) is 11.3 Å².